The van der Waals surface area contributed by atoms with Crippen LogP contribution in [-0.2, 0) is 0 Å². The zero-order chi connectivity index (χ0) is 16.1. The summed E-state index contributed by atoms with van der Waals surface area (Å²) in [5.74, 6) is 0.837. The maximum absolute atomic E-state index is 12.5. The number of hydrogen-bond acceptors (Lipinski definition) is 2. The maximum Gasteiger partial charge on any atom is 1.00 e. The summed E-state index contributed by atoms with van der Waals surface area (Å²) in [7, 11) is 0.0621. The van der Waals surface area contributed by atoms with Gasteiger partial charge in [-0.25, -0.2) is 0 Å². The number of halogens is 1. The largest absolute Gasteiger partial charge is 1.00 e. The molecule has 0 aliphatic heterocycles. The Morgan fingerprint density at radius 2 is 1.91 bits per heavy atom. The molecule has 2 rings (SSSR count). The Bertz CT molecular complexity index is 644. The molecule has 0 heterocycles. The van der Waals surface area contributed by atoms with E-state index >= 15 is 0 Å². The van der Waals surface area contributed by atoms with Crippen molar-refractivity contribution in [1.82, 2.24) is 0 Å². The van der Waals surface area contributed by atoms with Crippen molar-refractivity contribution in [3.05, 3.63) is 58.6 Å². The molecule has 0 bridgehead atoms. The average molecular weight is 343 g/mol. The summed E-state index contributed by atoms with van der Waals surface area (Å²) < 4.78 is 5.74. The molecule has 0 spiro atoms. The topological polar surface area (TPSA) is 26.3 Å². The van der Waals surface area contributed by atoms with Gasteiger partial charge in [0.15, 0.2) is 5.52 Å². The predicted octanol–water partition coefficient (Wildman–Crippen LogP) is 2.09. The normalized spacial score (nSPS) is 12.0. The zero-order valence-electron chi connectivity index (χ0n) is 15.0. The van der Waals surface area contributed by atoms with Gasteiger partial charge in [0.1, 0.15) is 5.75 Å². The van der Waals surface area contributed by atoms with Crippen LogP contribution < -0.4 is 28.9 Å². The van der Waals surface area contributed by atoms with E-state index in [-0.39, 0.29) is 40.5 Å². The van der Waals surface area contributed by atoms with E-state index in [1.165, 1.54) is 0 Å². The van der Waals surface area contributed by atoms with Crippen LogP contribution in [0.1, 0.15) is 37.6 Å². The number of hydrogen-bond donors (Lipinski definition) is 0. The van der Waals surface area contributed by atoms with E-state index in [1.54, 1.807) is 6.07 Å². The Balaban J connectivity index is 0.00000264. The first-order valence-electron chi connectivity index (χ1n) is 7.34. The second-order valence-electron chi connectivity index (χ2n) is 5.25. The van der Waals surface area contributed by atoms with Crippen molar-refractivity contribution in [3.8, 4) is 5.75 Å². The van der Waals surface area contributed by atoms with E-state index in [1.807, 2.05) is 50.2 Å². The molecule has 0 aliphatic carbocycles. The van der Waals surface area contributed by atoms with Gasteiger partial charge in [-0.3, -0.25) is 4.79 Å². The van der Waals surface area contributed by atoms with Gasteiger partial charge in [0, 0.05) is 5.56 Å². The van der Waals surface area contributed by atoms with Gasteiger partial charge in [0.25, 0.3) is 0 Å². The number of aryl methyl sites for hydroxylation is 1. The number of ether oxygens (including phenoxy) is 1. The summed E-state index contributed by atoms with van der Waals surface area (Å²) in [5, 5.41) is 1.51. The van der Waals surface area contributed by atoms with Gasteiger partial charge in [0.2, 0.25) is 0 Å². The SMILES string of the molecule is CCC(C)Oc1ccc(PC(=O)c2c(C)cccc2Cl)cc1.[H-].[Li+]. The fraction of sp³-hybridized carbons (Fsp3) is 0.278. The Morgan fingerprint density at radius 3 is 2.48 bits per heavy atom. The molecule has 0 saturated heterocycles. The molecule has 2 unspecified atom stereocenters. The van der Waals surface area contributed by atoms with Gasteiger partial charge in [-0.15, -0.1) is 0 Å². The van der Waals surface area contributed by atoms with Crippen LogP contribution in [0.2, 0.25) is 5.02 Å². The van der Waals surface area contributed by atoms with Gasteiger partial charge >= 0.3 is 18.9 Å². The summed E-state index contributed by atoms with van der Waals surface area (Å²) in [4.78, 5) is 12.5. The molecule has 2 aromatic carbocycles. The Kier molecular flexibility index (Phi) is 8.38. The van der Waals surface area contributed by atoms with Crippen LogP contribution in [0.15, 0.2) is 42.5 Å². The smallest absolute Gasteiger partial charge is 1.00 e. The van der Waals surface area contributed by atoms with Gasteiger partial charge in [-0.2, -0.15) is 0 Å². The van der Waals surface area contributed by atoms with Crippen LogP contribution in [-0.4, -0.2) is 11.6 Å². The monoisotopic (exact) mass is 342 g/mol. The molecular formula is C18H21ClLiO2P. The number of rotatable bonds is 6. The van der Waals surface area contributed by atoms with Crippen molar-refractivity contribution in [1.29, 1.82) is 0 Å². The molecule has 0 aromatic heterocycles. The molecule has 0 saturated carbocycles. The molecule has 118 valence electrons. The molecule has 2 atom stereocenters. The number of carbonyl (C=O) groups excluding carboxylic acids is 1. The van der Waals surface area contributed by atoms with Crippen molar-refractivity contribution >= 4 is 31.0 Å². The van der Waals surface area contributed by atoms with Crippen molar-refractivity contribution < 1.29 is 29.8 Å². The summed E-state index contributed by atoms with van der Waals surface area (Å²) in [5.41, 5.74) is 1.61. The van der Waals surface area contributed by atoms with Crippen LogP contribution in [0.4, 0.5) is 0 Å². The minimum atomic E-state index is 0. The van der Waals surface area contributed by atoms with Gasteiger partial charge in [0.05, 0.1) is 11.1 Å². The molecule has 0 aliphatic rings. The Morgan fingerprint density at radius 1 is 1.26 bits per heavy atom. The third kappa shape index (κ3) is 5.66. The molecule has 2 aromatic rings. The molecule has 23 heavy (non-hydrogen) atoms. The summed E-state index contributed by atoms with van der Waals surface area (Å²) >= 11 is 6.15. The van der Waals surface area contributed by atoms with E-state index in [9.17, 15) is 4.79 Å². The molecular weight excluding hydrogens is 322 g/mol. The second-order valence-corrected chi connectivity index (χ2v) is 6.94. The Hall–Kier alpha value is -0.773. The summed E-state index contributed by atoms with van der Waals surface area (Å²) in [6.07, 6.45) is 1.16. The zero-order valence-corrected chi connectivity index (χ0v) is 15.8. The van der Waals surface area contributed by atoms with E-state index < -0.39 is 0 Å². The quantitative estimate of drug-likeness (QED) is 0.593. The molecule has 0 N–H and O–H groups in total. The third-order valence-electron chi connectivity index (χ3n) is 3.47. The van der Waals surface area contributed by atoms with Gasteiger partial charge in [-0.1, -0.05) is 42.8 Å². The third-order valence-corrected chi connectivity index (χ3v) is 4.89. The first-order valence-corrected chi connectivity index (χ1v) is 8.72. The van der Waals surface area contributed by atoms with Crippen molar-refractivity contribution in [2.24, 2.45) is 0 Å². The maximum atomic E-state index is 12.5. The fourth-order valence-electron chi connectivity index (χ4n) is 2.05. The van der Waals surface area contributed by atoms with Gasteiger partial charge in [-0.05, 0) is 57.9 Å². The second kappa shape index (κ2) is 9.51. The molecule has 2 nitrogen and oxygen atoms in total. The van der Waals surface area contributed by atoms with Crippen LogP contribution >= 0.6 is 20.2 Å². The van der Waals surface area contributed by atoms with Crippen LogP contribution in [0.25, 0.3) is 0 Å². The molecule has 0 fully saturated rings. The van der Waals surface area contributed by atoms with Gasteiger partial charge < -0.3 is 6.16 Å². The summed E-state index contributed by atoms with van der Waals surface area (Å²) in [6, 6.07) is 13.3. The van der Waals surface area contributed by atoms with E-state index in [4.69, 9.17) is 16.3 Å². The van der Waals surface area contributed by atoms with Crippen LogP contribution in [0, 0.1) is 6.92 Å². The van der Waals surface area contributed by atoms with E-state index in [2.05, 4.69) is 6.92 Å². The van der Waals surface area contributed by atoms with Crippen molar-refractivity contribution in [2.45, 2.75) is 33.3 Å². The molecule has 5 heteroatoms. The average Bonchev–Trinajstić information content (AvgIpc) is 2.49. The van der Waals surface area contributed by atoms with Crippen LogP contribution in [0.3, 0.4) is 0 Å². The number of benzene rings is 2. The molecule has 0 radical (unpaired) electrons. The molecule has 0 amide bonds. The van der Waals surface area contributed by atoms with Crippen LogP contribution in [0.5, 0.6) is 5.75 Å². The minimum Gasteiger partial charge on any atom is -1.00 e. The van der Waals surface area contributed by atoms with E-state index in [0.29, 0.717) is 10.6 Å². The number of carbonyl (C=O) groups is 1. The van der Waals surface area contributed by atoms with E-state index in [0.717, 1.165) is 23.0 Å². The first-order chi connectivity index (χ1) is 10.5. The predicted molar refractivity (Wildman–Crippen MR) is 96.4 cm³/mol. The van der Waals surface area contributed by atoms with Crippen molar-refractivity contribution in [2.75, 3.05) is 0 Å². The fourth-order valence-corrected chi connectivity index (χ4v) is 3.48. The van der Waals surface area contributed by atoms with Crippen molar-refractivity contribution in [3.63, 3.8) is 0 Å². The standard InChI is InChI=1S/C18H20ClO2P.Li.H/c1-4-13(3)21-14-8-10-15(11-9-14)22-18(20)17-12(2)6-5-7-16(17)19;;/h5-11,13,22H,4H2,1-3H3;;/q;+1;-1. The first kappa shape index (κ1) is 20.3. The summed E-state index contributed by atoms with van der Waals surface area (Å²) in [6.45, 7) is 6.04. The Labute approximate surface area is 158 Å². The minimum absolute atomic E-state index is 0.